The number of benzene rings is 2. The van der Waals surface area contributed by atoms with Gasteiger partial charge in [-0.3, -0.25) is 0 Å². The highest BCUT2D eigenvalue weighted by Gasteiger charge is 2.24. The van der Waals surface area contributed by atoms with Crippen molar-refractivity contribution in [3.8, 4) is 6.07 Å². The second kappa shape index (κ2) is 9.73. The van der Waals surface area contributed by atoms with Crippen molar-refractivity contribution in [1.82, 2.24) is 4.90 Å². The van der Waals surface area contributed by atoms with Gasteiger partial charge in [0, 0.05) is 24.5 Å². The number of likely N-dealkylation sites (tertiary alicyclic amines) is 1. The number of nitriles is 1. The van der Waals surface area contributed by atoms with Crippen molar-refractivity contribution in [2.45, 2.75) is 37.9 Å². The first kappa shape index (κ1) is 18.9. The van der Waals surface area contributed by atoms with Crippen LogP contribution in [0.1, 0.15) is 42.9 Å². The maximum atomic E-state index is 8.67. The zero-order valence-electron chi connectivity index (χ0n) is 15.0. The van der Waals surface area contributed by atoms with E-state index in [2.05, 4.69) is 47.4 Å². The minimum Gasteiger partial charge on any atom is -0.365 e. The van der Waals surface area contributed by atoms with E-state index in [0.29, 0.717) is 6.42 Å². The lowest BCUT2D eigenvalue weighted by Crippen LogP contribution is -2.38. The van der Waals surface area contributed by atoms with Crippen molar-refractivity contribution in [3.63, 3.8) is 0 Å². The Labute approximate surface area is 161 Å². The molecule has 136 valence electrons. The van der Waals surface area contributed by atoms with E-state index in [1.54, 1.807) is 0 Å². The predicted molar refractivity (Wildman–Crippen MR) is 105 cm³/mol. The summed E-state index contributed by atoms with van der Waals surface area (Å²) in [4.78, 5) is 2.44. The summed E-state index contributed by atoms with van der Waals surface area (Å²) < 4.78 is 6.56. The van der Waals surface area contributed by atoms with Crippen LogP contribution >= 0.6 is 11.6 Å². The van der Waals surface area contributed by atoms with Gasteiger partial charge in [0.2, 0.25) is 0 Å². The molecule has 1 fully saturated rings. The van der Waals surface area contributed by atoms with Gasteiger partial charge in [-0.1, -0.05) is 54.1 Å². The minimum absolute atomic E-state index is 0.0661. The highest BCUT2D eigenvalue weighted by Crippen LogP contribution is 2.30. The molecule has 0 saturated carbocycles. The molecule has 1 aliphatic rings. The summed E-state index contributed by atoms with van der Waals surface area (Å²) >= 11 is 6.06. The standard InChI is InChI=1S/C22H25ClN2O/c23-20-10-8-19(9-11-20)22(18-6-2-1-3-7-18)26-21-12-16-25(17-13-21)15-5-4-14-24/h1-3,6-11,21-22H,4-5,12-13,15-17H2. The number of hydrogen-bond donors (Lipinski definition) is 0. The van der Waals surface area contributed by atoms with Gasteiger partial charge in [-0.05, 0) is 49.1 Å². The Morgan fingerprint density at radius 2 is 1.69 bits per heavy atom. The molecule has 4 heteroatoms. The fourth-order valence-electron chi connectivity index (χ4n) is 3.46. The van der Waals surface area contributed by atoms with Gasteiger partial charge in [0.1, 0.15) is 6.10 Å². The summed E-state index contributed by atoms with van der Waals surface area (Å²) in [5.41, 5.74) is 2.31. The third-order valence-corrected chi connectivity index (χ3v) is 5.15. The fraction of sp³-hybridized carbons (Fsp3) is 0.409. The van der Waals surface area contributed by atoms with Crippen LogP contribution in [0.25, 0.3) is 0 Å². The molecule has 0 amide bonds. The fourth-order valence-corrected chi connectivity index (χ4v) is 3.58. The third kappa shape index (κ3) is 5.32. The van der Waals surface area contributed by atoms with Crippen LogP contribution in [0.15, 0.2) is 54.6 Å². The zero-order chi connectivity index (χ0) is 18.2. The van der Waals surface area contributed by atoms with Crippen molar-refractivity contribution in [1.29, 1.82) is 5.26 Å². The first-order valence-electron chi connectivity index (χ1n) is 9.31. The summed E-state index contributed by atoms with van der Waals surface area (Å²) in [6.45, 7) is 3.09. The maximum absolute atomic E-state index is 8.67. The zero-order valence-corrected chi connectivity index (χ0v) is 15.7. The van der Waals surface area contributed by atoms with E-state index in [9.17, 15) is 0 Å². The molecule has 0 aromatic heterocycles. The molecule has 1 heterocycles. The van der Waals surface area contributed by atoms with Gasteiger partial charge < -0.3 is 9.64 Å². The molecule has 0 spiro atoms. The maximum Gasteiger partial charge on any atom is 0.108 e. The Morgan fingerprint density at radius 3 is 2.35 bits per heavy atom. The van der Waals surface area contributed by atoms with Crippen LogP contribution in [-0.2, 0) is 4.74 Å². The minimum atomic E-state index is -0.0661. The monoisotopic (exact) mass is 368 g/mol. The lowest BCUT2D eigenvalue weighted by atomic mass is 10.00. The number of nitrogens with zero attached hydrogens (tertiary/aromatic N) is 2. The highest BCUT2D eigenvalue weighted by atomic mass is 35.5. The third-order valence-electron chi connectivity index (χ3n) is 4.90. The molecule has 0 bridgehead atoms. The normalized spacial score (nSPS) is 16.9. The number of hydrogen-bond acceptors (Lipinski definition) is 3. The summed E-state index contributed by atoms with van der Waals surface area (Å²) in [5, 5.41) is 9.42. The summed E-state index contributed by atoms with van der Waals surface area (Å²) in [6, 6.07) is 20.6. The molecular formula is C22H25ClN2O. The molecule has 2 aromatic carbocycles. The summed E-state index contributed by atoms with van der Waals surface area (Å²) in [7, 11) is 0. The van der Waals surface area contributed by atoms with Gasteiger partial charge in [-0.2, -0.15) is 5.26 Å². The summed E-state index contributed by atoms with van der Waals surface area (Å²) in [5.74, 6) is 0. The van der Waals surface area contributed by atoms with Crippen LogP contribution in [0.3, 0.4) is 0 Å². The average molecular weight is 369 g/mol. The van der Waals surface area contributed by atoms with Gasteiger partial charge in [-0.25, -0.2) is 0 Å². The molecule has 1 unspecified atom stereocenters. The first-order chi connectivity index (χ1) is 12.8. The number of rotatable bonds is 7. The van der Waals surface area contributed by atoms with Crippen molar-refractivity contribution in [3.05, 3.63) is 70.7 Å². The SMILES string of the molecule is N#CCCCN1CCC(OC(c2ccccc2)c2ccc(Cl)cc2)CC1. The molecule has 1 saturated heterocycles. The van der Waals surface area contributed by atoms with Gasteiger partial charge in [0.15, 0.2) is 0 Å². The van der Waals surface area contributed by atoms with Gasteiger partial charge >= 0.3 is 0 Å². The second-order valence-electron chi connectivity index (χ2n) is 6.78. The van der Waals surface area contributed by atoms with Crippen LogP contribution in [-0.4, -0.2) is 30.6 Å². The smallest absolute Gasteiger partial charge is 0.108 e. The molecular weight excluding hydrogens is 344 g/mol. The number of ether oxygens (including phenoxy) is 1. The lowest BCUT2D eigenvalue weighted by Gasteiger charge is -2.34. The average Bonchev–Trinajstić information content (AvgIpc) is 2.69. The highest BCUT2D eigenvalue weighted by molar-refractivity contribution is 6.30. The quantitative estimate of drug-likeness (QED) is 0.629. The van der Waals surface area contributed by atoms with Crippen molar-refractivity contribution in [2.75, 3.05) is 19.6 Å². The lowest BCUT2D eigenvalue weighted by molar-refractivity contribution is -0.0269. The van der Waals surface area contributed by atoms with E-state index in [1.807, 2.05) is 18.2 Å². The van der Waals surface area contributed by atoms with Crippen LogP contribution in [0.4, 0.5) is 0 Å². The van der Waals surface area contributed by atoms with E-state index >= 15 is 0 Å². The van der Waals surface area contributed by atoms with Crippen LogP contribution in [0.5, 0.6) is 0 Å². The Hall–Kier alpha value is -1.86. The second-order valence-corrected chi connectivity index (χ2v) is 7.22. The molecule has 0 N–H and O–H groups in total. The largest absolute Gasteiger partial charge is 0.365 e. The van der Waals surface area contributed by atoms with Crippen LogP contribution in [0.2, 0.25) is 5.02 Å². The number of unbranched alkanes of at least 4 members (excludes halogenated alkanes) is 1. The number of piperidine rings is 1. The van der Waals surface area contributed by atoms with E-state index in [0.717, 1.165) is 49.5 Å². The molecule has 3 nitrogen and oxygen atoms in total. The van der Waals surface area contributed by atoms with E-state index < -0.39 is 0 Å². The van der Waals surface area contributed by atoms with E-state index in [-0.39, 0.29) is 12.2 Å². The van der Waals surface area contributed by atoms with Crippen LogP contribution < -0.4 is 0 Å². The van der Waals surface area contributed by atoms with Gasteiger partial charge in [0.05, 0.1) is 12.2 Å². The van der Waals surface area contributed by atoms with Crippen molar-refractivity contribution >= 4 is 11.6 Å². The Balaban J connectivity index is 1.64. The molecule has 3 rings (SSSR count). The van der Waals surface area contributed by atoms with Crippen molar-refractivity contribution in [2.24, 2.45) is 0 Å². The molecule has 26 heavy (non-hydrogen) atoms. The Morgan fingerprint density at radius 1 is 1.04 bits per heavy atom. The molecule has 1 aliphatic heterocycles. The molecule has 1 atom stereocenters. The summed E-state index contributed by atoms with van der Waals surface area (Å²) in [6.07, 6.45) is 3.85. The van der Waals surface area contributed by atoms with E-state index in [4.69, 9.17) is 21.6 Å². The topological polar surface area (TPSA) is 36.3 Å². The Bertz CT molecular complexity index is 703. The van der Waals surface area contributed by atoms with Crippen LogP contribution in [0, 0.1) is 11.3 Å². The molecule has 2 aromatic rings. The molecule has 0 radical (unpaired) electrons. The first-order valence-corrected chi connectivity index (χ1v) is 9.69. The van der Waals surface area contributed by atoms with Gasteiger partial charge in [0.25, 0.3) is 0 Å². The molecule has 0 aliphatic carbocycles. The number of halogens is 1. The van der Waals surface area contributed by atoms with Gasteiger partial charge in [-0.15, -0.1) is 0 Å². The van der Waals surface area contributed by atoms with E-state index in [1.165, 1.54) is 5.56 Å². The predicted octanol–water partition coefficient (Wildman–Crippen LogP) is 5.21. The van der Waals surface area contributed by atoms with Crippen molar-refractivity contribution < 1.29 is 4.74 Å². The Kier molecular flexibility index (Phi) is 7.08.